The van der Waals surface area contributed by atoms with Gasteiger partial charge in [-0.25, -0.2) is 4.79 Å². The van der Waals surface area contributed by atoms with Crippen LogP contribution in [0.25, 0.3) is 10.8 Å². The summed E-state index contributed by atoms with van der Waals surface area (Å²) in [4.78, 5) is 42.2. The largest absolute Gasteiger partial charge is 0.383 e. The van der Waals surface area contributed by atoms with E-state index in [2.05, 4.69) is 10.3 Å². The maximum atomic E-state index is 13.1. The quantitative estimate of drug-likeness (QED) is 0.425. The fourth-order valence-electron chi connectivity index (χ4n) is 4.26. The number of hydrogen-bond donors (Lipinski definition) is 3. The number of aromatic amines is 1. The molecule has 1 amide bonds. The monoisotopic (exact) mass is 465 g/mol. The highest BCUT2D eigenvalue weighted by molar-refractivity contribution is 5.87. The summed E-state index contributed by atoms with van der Waals surface area (Å²) in [5.74, 6) is 0.0297. The first-order valence-electron chi connectivity index (χ1n) is 11.9. The Balaban J connectivity index is 1.88. The second-order valence-electron chi connectivity index (χ2n) is 9.13. The number of carbonyl (C=O) groups excluding carboxylic acids is 1. The Morgan fingerprint density at radius 2 is 1.82 bits per heavy atom. The van der Waals surface area contributed by atoms with Crippen molar-refractivity contribution in [2.45, 2.75) is 53.1 Å². The van der Waals surface area contributed by atoms with Crippen LogP contribution in [0.3, 0.4) is 0 Å². The molecule has 1 unspecified atom stereocenters. The second kappa shape index (κ2) is 11.0. The fraction of sp³-hybridized carbons (Fsp3) is 0.423. The summed E-state index contributed by atoms with van der Waals surface area (Å²) in [5, 5.41) is 5.25. The average Bonchev–Trinajstić information content (AvgIpc) is 2.77. The van der Waals surface area contributed by atoms with Gasteiger partial charge in [-0.15, -0.1) is 0 Å². The number of nitrogen functional groups attached to an aromatic ring is 1. The van der Waals surface area contributed by atoms with Gasteiger partial charge in [-0.05, 0) is 35.6 Å². The number of carbonyl (C=O) groups is 1. The van der Waals surface area contributed by atoms with Gasteiger partial charge in [0.15, 0.2) is 0 Å². The minimum atomic E-state index is -0.578. The van der Waals surface area contributed by atoms with Gasteiger partial charge in [0.05, 0.1) is 12.6 Å². The minimum absolute atomic E-state index is 0.0491. The van der Waals surface area contributed by atoms with Crippen LogP contribution in [0.1, 0.15) is 52.1 Å². The molecule has 0 aliphatic rings. The van der Waals surface area contributed by atoms with Crippen molar-refractivity contribution in [3.8, 4) is 0 Å². The molecule has 182 valence electrons. The molecule has 3 aromatic rings. The van der Waals surface area contributed by atoms with Crippen LogP contribution >= 0.6 is 0 Å². The first-order valence-corrected chi connectivity index (χ1v) is 11.9. The van der Waals surface area contributed by atoms with Crippen molar-refractivity contribution in [1.82, 2.24) is 14.9 Å². The van der Waals surface area contributed by atoms with Gasteiger partial charge in [-0.1, -0.05) is 69.7 Å². The van der Waals surface area contributed by atoms with E-state index in [0.717, 1.165) is 29.2 Å². The molecule has 0 fully saturated rings. The van der Waals surface area contributed by atoms with Crippen LogP contribution in [0.5, 0.6) is 0 Å². The Bertz CT molecular complexity index is 1260. The van der Waals surface area contributed by atoms with Gasteiger partial charge < -0.3 is 16.0 Å². The summed E-state index contributed by atoms with van der Waals surface area (Å²) >= 11 is 0. The number of anilines is 2. The van der Waals surface area contributed by atoms with Crippen LogP contribution in [0.2, 0.25) is 0 Å². The summed E-state index contributed by atoms with van der Waals surface area (Å²) < 4.78 is 1.38. The van der Waals surface area contributed by atoms with Crippen LogP contribution in [-0.4, -0.2) is 28.5 Å². The smallest absolute Gasteiger partial charge is 0.330 e. The van der Waals surface area contributed by atoms with Crippen LogP contribution in [0.4, 0.5) is 11.5 Å². The number of H-pyrrole nitrogens is 1. The van der Waals surface area contributed by atoms with Crippen molar-refractivity contribution >= 4 is 28.2 Å². The van der Waals surface area contributed by atoms with Crippen molar-refractivity contribution in [3.63, 3.8) is 0 Å². The van der Waals surface area contributed by atoms with Crippen molar-refractivity contribution in [3.05, 3.63) is 68.9 Å². The molecule has 1 heterocycles. The average molecular weight is 466 g/mol. The predicted molar refractivity (Wildman–Crippen MR) is 138 cm³/mol. The number of benzene rings is 2. The Morgan fingerprint density at radius 3 is 2.53 bits per heavy atom. The molecule has 2 aromatic carbocycles. The van der Waals surface area contributed by atoms with E-state index in [1.807, 2.05) is 70.2 Å². The maximum absolute atomic E-state index is 13.1. The standard InChI is InChI=1S/C26H35N5O3/c1-5-6-14-31-24(27)23(25(33)29-26(31)34)30(15-17(2)3)16-22(32)28-18(4)20-13-9-11-19-10-7-8-12-21(19)20/h7-13,17-18H,5-6,14-16,27H2,1-4H3,(H,28,32)(H,29,33,34). The van der Waals surface area contributed by atoms with Gasteiger partial charge >= 0.3 is 5.69 Å². The van der Waals surface area contributed by atoms with E-state index in [1.54, 1.807) is 4.90 Å². The van der Waals surface area contributed by atoms with Gasteiger partial charge in [0, 0.05) is 13.1 Å². The van der Waals surface area contributed by atoms with Crippen molar-refractivity contribution in [1.29, 1.82) is 0 Å². The number of fused-ring (bicyclic) bond motifs is 1. The number of nitrogens with zero attached hydrogens (tertiary/aromatic N) is 2. The molecule has 4 N–H and O–H groups in total. The second-order valence-corrected chi connectivity index (χ2v) is 9.13. The van der Waals surface area contributed by atoms with Crippen LogP contribution < -0.4 is 27.2 Å². The zero-order valence-electron chi connectivity index (χ0n) is 20.4. The Hall–Kier alpha value is -3.55. The maximum Gasteiger partial charge on any atom is 0.330 e. The molecule has 0 spiro atoms. The van der Waals surface area contributed by atoms with Crippen molar-refractivity contribution < 1.29 is 4.79 Å². The summed E-state index contributed by atoms with van der Waals surface area (Å²) in [6.45, 7) is 8.76. The number of amides is 1. The lowest BCUT2D eigenvalue weighted by Gasteiger charge is -2.28. The van der Waals surface area contributed by atoms with Gasteiger partial charge in [-0.3, -0.25) is 19.1 Å². The third-order valence-electron chi connectivity index (χ3n) is 5.85. The lowest BCUT2D eigenvalue weighted by atomic mass is 10.00. The molecule has 0 aliphatic carbocycles. The number of hydrogen-bond acceptors (Lipinski definition) is 5. The molecular weight excluding hydrogens is 430 g/mol. The van der Waals surface area contributed by atoms with Crippen LogP contribution in [-0.2, 0) is 11.3 Å². The molecule has 0 radical (unpaired) electrons. The first-order chi connectivity index (χ1) is 16.2. The van der Waals surface area contributed by atoms with Crippen LogP contribution in [0, 0.1) is 5.92 Å². The Morgan fingerprint density at radius 1 is 1.12 bits per heavy atom. The highest BCUT2D eigenvalue weighted by Gasteiger charge is 2.23. The molecule has 1 atom stereocenters. The summed E-state index contributed by atoms with van der Waals surface area (Å²) in [6, 6.07) is 13.8. The molecule has 34 heavy (non-hydrogen) atoms. The molecule has 8 nitrogen and oxygen atoms in total. The lowest BCUT2D eigenvalue weighted by molar-refractivity contribution is -0.120. The third kappa shape index (κ3) is 5.68. The molecule has 3 rings (SSSR count). The highest BCUT2D eigenvalue weighted by atomic mass is 16.2. The van der Waals surface area contributed by atoms with Gasteiger partial charge in [0.25, 0.3) is 5.56 Å². The van der Waals surface area contributed by atoms with E-state index in [0.29, 0.717) is 13.1 Å². The van der Waals surface area contributed by atoms with E-state index in [1.165, 1.54) is 4.57 Å². The molecule has 8 heteroatoms. The Labute approximate surface area is 199 Å². The number of unbranched alkanes of at least 4 members (excludes halogenated alkanes) is 1. The Kier molecular flexibility index (Phi) is 8.15. The van der Waals surface area contributed by atoms with E-state index in [4.69, 9.17) is 5.73 Å². The fourth-order valence-corrected chi connectivity index (χ4v) is 4.26. The van der Waals surface area contributed by atoms with E-state index >= 15 is 0 Å². The topological polar surface area (TPSA) is 113 Å². The van der Waals surface area contributed by atoms with E-state index in [9.17, 15) is 14.4 Å². The molecule has 1 aromatic heterocycles. The SMILES string of the molecule is CCCCn1c(N)c(N(CC(=O)NC(C)c2cccc3ccccc23)CC(C)C)c(=O)[nH]c1=O. The van der Waals surface area contributed by atoms with Crippen molar-refractivity contribution in [2.24, 2.45) is 5.92 Å². The number of aromatic nitrogens is 2. The third-order valence-corrected chi connectivity index (χ3v) is 5.85. The number of rotatable bonds is 10. The first kappa shape index (κ1) is 25.1. The number of nitrogens with one attached hydrogen (secondary N) is 2. The lowest BCUT2D eigenvalue weighted by Crippen LogP contribution is -2.44. The molecule has 0 saturated heterocycles. The normalized spacial score (nSPS) is 12.1. The summed E-state index contributed by atoms with van der Waals surface area (Å²) in [6.07, 6.45) is 1.63. The van der Waals surface area contributed by atoms with E-state index < -0.39 is 11.2 Å². The van der Waals surface area contributed by atoms with Gasteiger partial charge in [0.2, 0.25) is 5.91 Å². The molecular formula is C26H35N5O3. The summed E-state index contributed by atoms with van der Waals surface area (Å²) in [5.41, 5.74) is 6.38. The predicted octanol–water partition coefficient (Wildman–Crippen LogP) is 3.41. The minimum Gasteiger partial charge on any atom is -0.383 e. The van der Waals surface area contributed by atoms with Crippen LogP contribution in [0.15, 0.2) is 52.1 Å². The highest BCUT2D eigenvalue weighted by Crippen LogP contribution is 2.24. The zero-order chi connectivity index (χ0) is 24.8. The van der Waals surface area contributed by atoms with E-state index in [-0.39, 0.29) is 35.9 Å². The molecule has 0 bridgehead atoms. The molecule has 0 saturated carbocycles. The molecule has 0 aliphatic heterocycles. The van der Waals surface area contributed by atoms with Crippen molar-refractivity contribution in [2.75, 3.05) is 23.7 Å². The zero-order valence-corrected chi connectivity index (χ0v) is 20.4. The summed E-state index contributed by atoms with van der Waals surface area (Å²) in [7, 11) is 0. The van der Waals surface area contributed by atoms with Gasteiger partial charge in [0.1, 0.15) is 11.5 Å². The number of nitrogens with two attached hydrogens (primary N) is 1. The van der Waals surface area contributed by atoms with Gasteiger partial charge in [-0.2, -0.15) is 0 Å².